The first kappa shape index (κ1) is 69.3. The lowest BCUT2D eigenvalue weighted by atomic mass is 10.1. The fraction of sp³-hybridized carbons (Fsp3) is 0.791. The Morgan fingerprint density at radius 1 is 0.319 bits per heavy atom. The van der Waals surface area contributed by atoms with E-state index in [1.54, 1.807) is 0 Å². The van der Waals surface area contributed by atoms with Gasteiger partial charge in [0, 0.05) is 19.4 Å². The zero-order valence-electron chi connectivity index (χ0n) is 48.2. The van der Waals surface area contributed by atoms with E-state index in [1.165, 1.54) is 205 Å². The molecule has 418 valence electrons. The van der Waals surface area contributed by atoms with Gasteiger partial charge in [0.25, 0.3) is 0 Å². The number of carbonyl (C=O) groups excluding carboxylic acids is 2. The van der Waals surface area contributed by atoms with Crippen molar-refractivity contribution < 1.29 is 23.8 Å². The molecule has 0 fully saturated rings. The molecule has 72 heavy (non-hydrogen) atoms. The zero-order valence-corrected chi connectivity index (χ0v) is 48.2. The van der Waals surface area contributed by atoms with E-state index in [4.69, 9.17) is 14.2 Å². The molecule has 0 aromatic heterocycles. The Bertz CT molecular complexity index is 1270. The number of ether oxygens (including phenoxy) is 3. The first-order valence-corrected chi connectivity index (χ1v) is 31.5. The number of hydrogen-bond acceptors (Lipinski definition) is 5. The number of esters is 2. The molecule has 0 aromatic rings. The molecule has 5 nitrogen and oxygen atoms in total. The van der Waals surface area contributed by atoms with Gasteiger partial charge in [0.2, 0.25) is 0 Å². The fourth-order valence-corrected chi connectivity index (χ4v) is 9.02. The minimum Gasteiger partial charge on any atom is -0.462 e. The van der Waals surface area contributed by atoms with Gasteiger partial charge in [0.1, 0.15) is 6.61 Å². The Labute approximate surface area is 448 Å². The SMILES string of the molecule is CC/C=C\C/C=C\C/C=C\C/C=C\CCCCCCCCC(=O)OCC(COCCCCCCCCCC/C=C\CCCCCCCC)OC(=O)CCCCCCCCCCC/C=C\CCCCCCCC. The molecule has 0 aliphatic carbocycles. The van der Waals surface area contributed by atoms with Gasteiger partial charge < -0.3 is 14.2 Å². The molecule has 1 atom stereocenters. The van der Waals surface area contributed by atoms with E-state index in [0.29, 0.717) is 19.4 Å². The van der Waals surface area contributed by atoms with E-state index in [1.807, 2.05) is 0 Å². The number of rotatable bonds is 58. The van der Waals surface area contributed by atoms with Gasteiger partial charge in [0.15, 0.2) is 6.10 Å². The van der Waals surface area contributed by atoms with Crippen LogP contribution in [0.5, 0.6) is 0 Å². The van der Waals surface area contributed by atoms with E-state index >= 15 is 0 Å². The number of hydrogen-bond donors (Lipinski definition) is 0. The van der Waals surface area contributed by atoms with Gasteiger partial charge in [-0.25, -0.2) is 0 Å². The highest BCUT2D eigenvalue weighted by atomic mass is 16.6. The third-order valence-electron chi connectivity index (χ3n) is 13.7. The van der Waals surface area contributed by atoms with Crippen LogP contribution >= 0.6 is 0 Å². The van der Waals surface area contributed by atoms with Crippen LogP contribution in [0.2, 0.25) is 0 Å². The van der Waals surface area contributed by atoms with Crippen molar-refractivity contribution in [3.63, 3.8) is 0 Å². The Kier molecular flexibility index (Phi) is 60.3. The second-order valence-electron chi connectivity index (χ2n) is 20.9. The molecule has 0 spiro atoms. The second-order valence-corrected chi connectivity index (χ2v) is 20.9. The van der Waals surface area contributed by atoms with Gasteiger partial charge in [-0.3, -0.25) is 9.59 Å². The molecule has 0 aliphatic heterocycles. The highest BCUT2D eigenvalue weighted by Crippen LogP contribution is 2.16. The average Bonchev–Trinajstić information content (AvgIpc) is 3.38. The van der Waals surface area contributed by atoms with Crippen LogP contribution in [-0.4, -0.2) is 37.9 Å². The number of allylic oxidation sites excluding steroid dienone is 12. The summed E-state index contributed by atoms with van der Waals surface area (Å²) in [6.45, 7) is 7.73. The summed E-state index contributed by atoms with van der Waals surface area (Å²) in [5.74, 6) is -0.405. The van der Waals surface area contributed by atoms with Crippen LogP contribution in [0, 0.1) is 0 Å². The standard InChI is InChI=1S/C67H120O5/c1-4-7-10-13-16-19-22-25-28-31-34-36-39-42-45-48-51-54-57-60-66(68)71-64-65(63-70-62-59-56-53-50-47-44-41-38-33-30-27-24-21-18-15-12-9-6-3)72-67(69)61-58-55-52-49-46-43-40-37-35-32-29-26-23-20-17-14-11-8-5-2/h7,10,16,19,25-30,34,36,65H,4-6,8-9,11-15,17-18,20-24,31-33,35,37-64H2,1-3H3/b10-7-,19-16-,28-25-,29-26-,30-27-,36-34-. The normalized spacial score (nSPS) is 12.7. The maximum Gasteiger partial charge on any atom is 0.306 e. The quantitative estimate of drug-likeness (QED) is 0.0345. The van der Waals surface area contributed by atoms with Crippen LogP contribution in [0.3, 0.4) is 0 Å². The summed E-state index contributed by atoms with van der Waals surface area (Å²) in [5, 5.41) is 0. The van der Waals surface area contributed by atoms with Gasteiger partial charge in [-0.05, 0) is 109 Å². The summed E-state index contributed by atoms with van der Waals surface area (Å²) in [5.41, 5.74) is 0. The minimum absolute atomic E-state index is 0.0757. The van der Waals surface area contributed by atoms with Crippen molar-refractivity contribution in [3.8, 4) is 0 Å². The highest BCUT2D eigenvalue weighted by Gasteiger charge is 2.17. The molecule has 5 heteroatoms. The van der Waals surface area contributed by atoms with Gasteiger partial charge in [-0.15, -0.1) is 0 Å². The van der Waals surface area contributed by atoms with Crippen molar-refractivity contribution in [2.24, 2.45) is 0 Å². The van der Waals surface area contributed by atoms with E-state index in [9.17, 15) is 9.59 Å². The van der Waals surface area contributed by atoms with E-state index in [-0.39, 0.29) is 25.2 Å². The Morgan fingerprint density at radius 3 is 1.01 bits per heavy atom. The molecule has 0 N–H and O–H groups in total. The van der Waals surface area contributed by atoms with Gasteiger partial charge in [-0.2, -0.15) is 0 Å². The summed E-state index contributed by atoms with van der Waals surface area (Å²) >= 11 is 0. The van der Waals surface area contributed by atoms with E-state index in [2.05, 4.69) is 93.7 Å². The third kappa shape index (κ3) is 59.9. The van der Waals surface area contributed by atoms with Gasteiger partial charge in [0.05, 0.1) is 6.61 Å². The van der Waals surface area contributed by atoms with E-state index in [0.717, 1.165) is 77.0 Å². The average molecular weight is 1010 g/mol. The van der Waals surface area contributed by atoms with Crippen molar-refractivity contribution in [2.75, 3.05) is 19.8 Å². The molecular formula is C67H120O5. The molecule has 0 saturated heterocycles. The summed E-state index contributed by atoms with van der Waals surface area (Å²) in [4.78, 5) is 25.6. The zero-order chi connectivity index (χ0) is 52.0. The fourth-order valence-electron chi connectivity index (χ4n) is 9.02. The highest BCUT2D eigenvalue weighted by molar-refractivity contribution is 5.70. The largest absolute Gasteiger partial charge is 0.462 e. The second kappa shape index (κ2) is 62.6. The Balaban J connectivity index is 4.30. The molecule has 1 unspecified atom stereocenters. The third-order valence-corrected chi connectivity index (χ3v) is 13.7. The van der Waals surface area contributed by atoms with Crippen molar-refractivity contribution in [3.05, 3.63) is 72.9 Å². The van der Waals surface area contributed by atoms with E-state index < -0.39 is 6.10 Å². The molecule has 0 aliphatic rings. The van der Waals surface area contributed by atoms with Crippen LogP contribution in [0.25, 0.3) is 0 Å². The van der Waals surface area contributed by atoms with Crippen molar-refractivity contribution in [2.45, 2.75) is 322 Å². The predicted octanol–water partition coefficient (Wildman–Crippen LogP) is 21.8. The molecule has 0 amide bonds. The smallest absolute Gasteiger partial charge is 0.306 e. The topological polar surface area (TPSA) is 61.8 Å². The Hall–Kier alpha value is -2.66. The van der Waals surface area contributed by atoms with Crippen LogP contribution in [0.1, 0.15) is 316 Å². The molecule has 0 aromatic carbocycles. The van der Waals surface area contributed by atoms with Crippen LogP contribution in [0.4, 0.5) is 0 Å². The molecular weight excluding hydrogens is 885 g/mol. The molecule has 0 bridgehead atoms. The maximum absolute atomic E-state index is 12.9. The molecule has 0 heterocycles. The maximum atomic E-state index is 12.9. The first-order valence-electron chi connectivity index (χ1n) is 31.5. The molecule has 0 radical (unpaired) electrons. The van der Waals surface area contributed by atoms with Crippen LogP contribution < -0.4 is 0 Å². The summed E-state index contributed by atoms with van der Waals surface area (Å²) in [7, 11) is 0. The summed E-state index contributed by atoms with van der Waals surface area (Å²) < 4.78 is 17.5. The molecule has 0 rings (SSSR count). The first-order chi connectivity index (χ1) is 35.6. The number of carbonyl (C=O) groups is 2. The van der Waals surface area contributed by atoms with Crippen molar-refractivity contribution in [1.29, 1.82) is 0 Å². The lowest BCUT2D eigenvalue weighted by Gasteiger charge is -2.18. The number of unbranched alkanes of at least 4 members (excludes halogenated alkanes) is 35. The van der Waals surface area contributed by atoms with Crippen molar-refractivity contribution in [1.82, 2.24) is 0 Å². The van der Waals surface area contributed by atoms with Gasteiger partial charge >= 0.3 is 11.9 Å². The minimum atomic E-state index is -0.548. The van der Waals surface area contributed by atoms with Crippen LogP contribution in [-0.2, 0) is 23.8 Å². The van der Waals surface area contributed by atoms with Gasteiger partial charge in [-0.1, -0.05) is 267 Å². The predicted molar refractivity (Wildman–Crippen MR) is 316 cm³/mol. The van der Waals surface area contributed by atoms with Crippen LogP contribution in [0.15, 0.2) is 72.9 Å². The summed E-state index contributed by atoms with van der Waals surface area (Å²) in [6, 6.07) is 0. The lowest BCUT2D eigenvalue weighted by molar-refractivity contribution is -0.163. The monoisotopic (exact) mass is 1000 g/mol. The molecule has 0 saturated carbocycles. The Morgan fingerprint density at radius 2 is 0.625 bits per heavy atom. The lowest BCUT2D eigenvalue weighted by Crippen LogP contribution is -2.30. The van der Waals surface area contributed by atoms with Crippen molar-refractivity contribution >= 4 is 11.9 Å². The summed E-state index contributed by atoms with van der Waals surface area (Å²) in [6.07, 6.45) is 82.2.